The Labute approximate surface area is 106 Å². The molecule has 1 rings (SSSR count). The lowest BCUT2D eigenvalue weighted by molar-refractivity contribution is -0.137. The minimum atomic E-state index is -4.28. The first-order chi connectivity index (χ1) is 8.47. The zero-order valence-electron chi connectivity index (χ0n) is 10.5. The van der Waals surface area contributed by atoms with Gasteiger partial charge in [0, 0.05) is 5.56 Å². The maximum Gasteiger partial charge on any atom is 0.416 e. The van der Waals surface area contributed by atoms with Gasteiger partial charge >= 0.3 is 6.18 Å². The number of nitrogens with zero attached hydrogens (tertiary/aromatic N) is 1. The molecule has 0 aliphatic heterocycles. The van der Waals surface area contributed by atoms with Crippen LogP contribution in [0.1, 0.15) is 25.0 Å². The molecule has 0 aliphatic carbocycles. The van der Waals surface area contributed by atoms with Crippen LogP contribution in [0.5, 0.6) is 0 Å². The molecule has 0 N–H and O–H groups in total. The average Bonchev–Trinajstić information content (AvgIpc) is 2.34. The van der Waals surface area contributed by atoms with Crippen molar-refractivity contribution in [2.45, 2.75) is 20.0 Å². The summed E-state index contributed by atoms with van der Waals surface area (Å²) in [4.78, 5) is 2.14. The zero-order chi connectivity index (χ0) is 13.6. The van der Waals surface area contributed by atoms with Gasteiger partial charge in [-0.05, 0) is 37.4 Å². The van der Waals surface area contributed by atoms with Gasteiger partial charge in [-0.15, -0.1) is 0 Å². The third-order valence-corrected chi connectivity index (χ3v) is 2.64. The van der Waals surface area contributed by atoms with E-state index in [1.54, 1.807) is 0 Å². The predicted molar refractivity (Wildman–Crippen MR) is 66.1 cm³/mol. The zero-order valence-corrected chi connectivity index (χ0v) is 10.5. The third kappa shape index (κ3) is 4.42. The summed E-state index contributed by atoms with van der Waals surface area (Å²) in [5.74, 6) is 5.82. The van der Waals surface area contributed by atoms with Gasteiger partial charge in [-0.1, -0.05) is 25.7 Å². The molecule has 0 radical (unpaired) electrons. The minimum absolute atomic E-state index is 0.607. The molecule has 0 atom stereocenters. The van der Waals surface area contributed by atoms with Crippen molar-refractivity contribution < 1.29 is 13.2 Å². The molecule has 0 heterocycles. The van der Waals surface area contributed by atoms with Crippen molar-refractivity contribution in [1.82, 2.24) is 4.90 Å². The van der Waals surface area contributed by atoms with Crippen LogP contribution in [0.15, 0.2) is 24.3 Å². The van der Waals surface area contributed by atoms with Crippen molar-refractivity contribution >= 4 is 0 Å². The Morgan fingerprint density at radius 1 is 1.06 bits per heavy atom. The Morgan fingerprint density at radius 3 is 2.06 bits per heavy atom. The van der Waals surface area contributed by atoms with E-state index in [0.717, 1.165) is 25.2 Å². The van der Waals surface area contributed by atoms with Gasteiger partial charge in [0.25, 0.3) is 0 Å². The average molecular weight is 255 g/mol. The first-order valence-corrected chi connectivity index (χ1v) is 5.85. The molecular formula is C14H16F3N. The van der Waals surface area contributed by atoms with Gasteiger partial charge < -0.3 is 0 Å². The van der Waals surface area contributed by atoms with E-state index in [9.17, 15) is 13.2 Å². The van der Waals surface area contributed by atoms with Crippen LogP contribution in [0, 0.1) is 11.8 Å². The predicted octanol–water partition coefficient (Wildman–Crippen LogP) is 3.40. The maximum atomic E-state index is 12.3. The van der Waals surface area contributed by atoms with Crippen LogP contribution in [0.4, 0.5) is 13.2 Å². The second kappa shape index (κ2) is 6.46. The number of halogens is 3. The lowest BCUT2D eigenvalue weighted by atomic mass is 10.1. The number of hydrogen-bond acceptors (Lipinski definition) is 1. The quantitative estimate of drug-likeness (QED) is 0.748. The molecule has 0 spiro atoms. The molecule has 0 saturated heterocycles. The molecule has 0 aromatic heterocycles. The minimum Gasteiger partial charge on any atom is -0.293 e. The lowest BCUT2D eigenvalue weighted by Gasteiger charge is -2.13. The molecule has 0 aliphatic rings. The van der Waals surface area contributed by atoms with E-state index in [4.69, 9.17) is 0 Å². The van der Waals surface area contributed by atoms with Crippen molar-refractivity contribution in [3.63, 3.8) is 0 Å². The fourth-order valence-electron chi connectivity index (χ4n) is 1.44. The Morgan fingerprint density at radius 2 is 1.61 bits per heavy atom. The molecule has 18 heavy (non-hydrogen) atoms. The number of rotatable bonds is 3. The second-order valence-corrected chi connectivity index (χ2v) is 3.84. The summed E-state index contributed by atoms with van der Waals surface area (Å²) >= 11 is 0. The van der Waals surface area contributed by atoms with Gasteiger partial charge in [0.05, 0.1) is 12.1 Å². The van der Waals surface area contributed by atoms with Crippen LogP contribution in [-0.4, -0.2) is 24.5 Å². The molecule has 1 aromatic carbocycles. The largest absolute Gasteiger partial charge is 0.416 e. The van der Waals surface area contributed by atoms with E-state index < -0.39 is 11.7 Å². The Hall–Kier alpha value is -1.47. The van der Waals surface area contributed by atoms with Gasteiger partial charge in [0.2, 0.25) is 0 Å². The van der Waals surface area contributed by atoms with E-state index in [-0.39, 0.29) is 0 Å². The highest BCUT2D eigenvalue weighted by atomic mass is 19.4. The maximum absolute atomic E-state index is 12.3. The smallest absolute Gasteiger partial charge is 0.293 e. The Balaban J connectivity index is 2.67. The van der Waals surface area contributed by atoms with Gasteiger partial charge in [0.1, 0.15) is 0 Å². The summed E-state index contributed by atoms with van der Waals surface area (Å²) in [6.45, 7) is 6.55. The Bertz CT molecular complexity index is 419. The van der Waals surface area contributed by atoms with Gasteiger partial charge in [0.15, 0.2) is 0 Å². The van der Waals surface area contributed by atoms with Gasteiger partial charge in [-0.3, -0.25) is 4.90 Å². The van der Waals surface area contributed by atoms with E-state index in [1.807, 2.05) is 13.8 Å². The number of alkyl halides is 3. The summed E-state index contributed by atoms with van der Waals surface area (Å²) in [6.07, 6.45) is -4.28. The highest BCUT2D eigenvalue weighted by Gasteiger charge is 2.29. The van der Waals surface area contributed by atoms with Crippen LogP contribution in [0.25, 0.3) is 0 Å². The number of benzene rings is 1. The summed E-state index contributed by atoms with van der Waals surface area (Å²) in [6, 6.07) is 4.92. The molecule has 4 heteroatoms. The van der Waals surface area contributed by atoms with Crippen molar-refractivity contribution in [1.29, 1.82) is 0 Å². The highest BCUT2D eigenvalue weighted by Crippen LogP contribution is 2.28. The van der Waals surface area contributed by atoms with Crippen LogP contribution in [0.3, 0.4) is 0 Å². The van der Waals surface area contributed by atoms with Crippen molar-refractivity contribution in [3.05, 3.63) is 35.4 Å². The Kier molecular flexibility index (Phi) is 5.24. The van der Waals surface area contributed by atoms with Gasteiger partial charge in [-0.2, -0.15) is 13.2 Å². The summed E-state index contributed by atoms with van der Waals surface area (Å²) in [5, 5.41) is 0. The molecule has 0 bridgehead atoms. The first kappa shape index (κ1) is 14.6. The third-order valence-electron chi connectivity index (χ3n) is 2.64. The van der Waals surface area contributed by atoms with E-state index in [2.05, 4.69) is 16.7 Å². The monoisotopic (exact) mass is 255 g/mol. The van der Waals surface area contributed by atoms with Crippen LogP contribution < -0.4 is 0 Å². The molecule has 0 unspecified atom stereocenters. The van der Waals surface area contributed by atoms with Crippen molar-refractivity contribution in [3.8, 4) is 11.8 Å². The van der Waals surface area contributed by atoms with Crippen molar-refractivity contribution in [2.75, 3.05) is 19.6 Å². The van der Waals surface area contributed by atoms with Crippen LogP contribution in [-0.2, 0) is 6.18 Å². The normalized spacial score (nSPS) is 11.2. The summed E-state index contributed by atoms with van der Waals surface area (Å²) in [7, 11) is 0. The van der Waals surface area contributed by atoms with Gasteiger partial charge in [-0.25, -0.2) is 0 Å². The standard InChI is InChI=1S/C14H16F3N/c1-3-18(4-2)11-5-6-12-7-9-13(10-8-12)14(15,16)17/h7-10H,3-4,11H2,1-2H3. The summed E-state index contributed by atoms with van der Waals surface area (Å²) < 4.78 is 37.0. The molecule has 0 fully saturated rings. The molecule has 1 aromatic rings. The van der Waals surface area contributed by atoms with Crippen LogP contribution in [0.2, 0.25) is 0 Å². The SMILES string of the molecule is CCN(CC)CC#Cc1ccc(C(F)(F)F)cc1. The molecule has 1 nitrogen and oxygen atoms in total. The highest BCUT2D eigenvalue weighted by molar-refractivity contribution is 5.37. The van der Waals surface area contributed by atoms with E-state index >= 15 is 0 Å². The topological polar surface area (TPSA) is 3.24 Å². The first-order valence-electron chi connectivity index (χ1n) is 5.85. The van der Waals surface area contributed by atoms with Crippen molar-refractivity contribution in [2.24, 2.45) is 0 Å². The fraction of sp³-hybridized carbons (Fsp3) is 0.429. The number of hydrogen-bond donors (Lipinski definition) is 0. The lowest BCUT2D eigenvalue weighted by Crippen LogP contribution is -2.22. The fourth-order valence-corrected chi connectivity index (χ4v) is 1.44. The summed E-state index contributed by atoms with van der Waals surface area (Å²) in [5.41, 5.74) is -0.0352. The molecular weight excluding hydrogens is 239 g/mol. The molecule has 0 amide bonds. The molecule has 98 valence electrons. The van der Waals surface area contributed by atoms with E-state index in [1.165, 1.54) is 12.1 Å². The van der Waals surface area contributed by atoms with E-state index in [0.29, 0.717) is 12.1 Å². The van der Waals surface area contributed by atoms with Crippen LogP contribution >= 0.6 is 0 Å². The molecule has 0 saturated carbocycles. The second-order valence-electron chi connectivity index (χ2n) is 3.84.